The first-order chi connectivity index (χ1) is 11.3. The molecule has 0 aliphatic carbocycles. The lowest BCUT2D eigenvalue weighted by Crippen LogP contribution is -2.35. The Morgan fingerprint density at radius 1 is 0.870 bits per heavy atom. The van der Waals surface area contributed by atoms with Crippen LogP contribution >= 0.6 is 0 Å². The molecule has 0 spiro atoms. The average molecular weight is 308 g/mol. The van der Waals surface area contributed by atoms with E-state index >= 15 is 0 Å². The molecule has 2 aromatic rings. The van der Waals surface area contributed by atoms with Crippen molar-refractivity contribution in [3.8, 4) is 0 Å². The Morgan fingerprint density at radius 3 is 2.22 bits per heavy atom. The second kappa shape index (κ2) is 7.42. The Morgan fingerprint density at radius 2 is 1.52 bits per heavy atom. The van der Waals surface area contributed by atoms with Crippen LogP contribution < -0.4 is 0 Å². The highest BCUT2D eigenvalue weighted by Gasteiger charge is 2.23. The van der Waals surface area contributed by atoms with E-state index in [0.29, 0.717) is 6.04 Å². The van der Waals surface area contributed by atoms with Crippen LogP contribution in [0.1, 0.15) is 35.3 Å². The zero-order chi connectivity index (χ0) is 16.1. The standard InChI is InChI=1S/C20H24N2O/c1-17(18-9-4-2-5-10-18)21-13-8-14-22(16-15-21)20(23)19-11-6-3-7-12-19/h2-7,9-12,17H,8,13-16H2,1H3. The van der Waals surface area contributed by atoms with Crippen molar-refractivity contribution in [2.24, 2.45) is 0 Å². The molecule has 3 rings (SSSR count). The number of hydrogen-bond donors (Lipinski definition) is 0. The highest BCUT2D eigenvalue weighted by Crippen LogP contribution is 2.21. The molecule has 1 amide bonds. The quantitative estimate of drug-likeness (QED) is 0.865. The molecular formula is C20H24N2O. The van der Waals surface area contributed by atoms with E-state index in [4.69, 9.17) is 0 Å². The first kappa shape index (κ1) is 15.8. The second-order valence-corrected chi connectivity index (χ2v) is 6.13. The van der Waals surface area contributed by atoms with E-state index in [0.717, 1.165) is 38.2 Å². The van der Waals surface area contributed by atoms with Crippen LogP contribution in [0.25, 0.3) is 0 Å². The highest BCUT2D eigenvalue weighted by molar-refractivity contribution is 5.94. The summed E-state index contributed by atoms with van der Waals surface area (Å²) in [6.07, 6.45) is 1.02. The summed E-state index contributed by atoms with van der Waals surface area (Å²) in [4.78, 5) is 17.1. The maximum Gasteiger partial charge on any atom is 0.253 e. The van der Waals surface area contributed by atoms with E-state index in [2.05, 4.69) is 42.2 Å². The molecule has 120 valence electrons. The van der Waals surface area contributed by atoms with Crippen molar-refractivity contribution < 1.29 is 4.79 Å². The van der Waals surface area contributed by atoms with Crippen LogP contribution in [0.5, 0.6) is 0 Å². The topological polar surface area (TPSA) is 23.6 Å². The van der Waals surface area contributed by atoms with Gasteiger partial charge in [-0.1, -0.05) is 48.5 Å². The Kier molecular flexibility index (Phi) is 5.09. The molecule has 0 bridgehead atoms. The zero-order valence-electron chi connectivity index (χ0n) is 13.7. The number of nitrogens with zero attached hydrogens (tertiary/aromatic N) is 2. The minimum Gasteiger partial charge on any atom is -0.337 e. The molecule has 1 atom stereocenters. The van der Waals surface area contributed by atoms with E-state index in [1.54, 1.807) is 0 Å². The first-order valence-electron chi connectivity index (χ1n) is 8.39. The van der Waals surface area contributed by atoms with Crippen LogP contribution in [0.2, 0.25) is 0 Å². The van der Waals surface area contributed by atoms with E-state index in [1.807, 2.05) is 35.2 Å². The van der Waals surface area contributed by atoms with Crippen molar-refractivity contribution in [2.75, 3.05) is 26.2 Å². The van der Waals surface area contributed by atoms with Gasteiger partial charge in [-0.05, 0) is 31.0 Å². The number of benzene rings is 2. The lowest BCUT2D eigenvalue weighted by molar-refractivity contribution is 0.0758. The van der Waals surface area contributed by atoms with Crippen LogP contribution in [0.3, 0.4) is 0 Å². The fourth-order valence-electron chi connectivity index (χ4n) is 3.23. The van der Waals surface area contributed by atoms with Crippen molar-refractivity contribution in [3.63, 3.8) is 0 Å². The molecular weight excluding hydrogens is 284 g/mol. The normalized spacial score (nSPS) is 17.5. The monoisotopic (exact) mass is 308 g/mol. The second-order valence-electron chi connectivity index (χ2n) is 6.13. The highest BCUT2D eigenvalue weighted by atomic mass is 16.2. The van der Waals surface area contributed by atoms with Crippen molar-refractivity contribution in [1.29, 1.82) is 0 Å². The van der Waals surface area contributed by atoms with Crippen molar-refractivity contribution in [1.82, 2.24) is 9.80 Å². The lowest BCUT2D eigenvalue weighted by Gasteiger charge is -2.28. The summed E-state index contributed by atoms with van der Waals surface area (Å²) in [5.41, 5.74) is 2.13. The average Bonchev–Trinajstić information content (AvgIpc) is 2.88. The van der Waals surface area contributed by atoms with E-state index in [9.17, 15) is 4.79 Å². The molecule has 1 fully saturated rings. The Bertz CT molecular complexity index is 627. The Balaban J connectivity index is 1.64. The summed E-state index contributed by atoms with van der Waals surface area (Å²) in [5.74, 6) is 0.153. The third-order valence-corrected chi connectivity index (χ3v) is 4.67. The van der Waals surface area contributed by atoms with E-state index < -0.39 is 0 Å². The fraction of sp³-hybridized carbons (Fsp3) is 0.350. The van der Waals surface area contributed by atoms with Gasteiger partial charge in [0.1, 0.15) is 0 Å². The third-order valence-electron chi connectivity index (χ3n) is 4.67. The predicted octanol–water partition coefficient (Wildman–Crippen LogP) is 3.60. The summed E-state index contributed by atoms with van der Waals surface area (Å²) >= 11 is 0. The van der Waals surface area contributed by atoms with Crippen LogP contribution in [0, 0.1) is 0 Å². The summed E-state index contributed by atoms with van der Waals surface area (Å²) in [5, 5.41) is 0. The zero-order valence-corrected chi connectivity index (χ0v) is 13.7. The van der Waals surface area contributed by atoms with Crippen LogP contribution in [-0.4, -0.2) is 41.9 Å². The summed E-state index contributed by atoms with van der Waals surface area (Å²) < 4.78 is 0. The van der Waals surface area contributed by atoms with Crippen molar-refractivity contribution in [3.05, 3.63) is 71.8 Å². The summed E-state index contributed by atoms with van der Waals surface area (Å²) in [7, 11) is 0. The summed E-state index contributed by atoms with van der Waals surface area (Å²) in [6, 6.07) is 20.6. The third kappa shape index (κ3) is 3.80. The minimum atomic E-state index is 0.153. The molecule has 1 heterocycles. The van der Waals surface area contributed by atoms with Gasteiger partial charge in [0.05, 0.1) is 0 Å². The van der Waals surface area contributed by atoms with Gasteiger partial charge in [0.15, 0.2) is 0 Å². The van der Waals surface area contributed by atoms with E-state index in [1.165, 1.54) is 5.56 Å². The van der Waals surface area contributed by atoms with Gasteiger partial charge in [0, 0.05) is 37.8 Å². The maximum atomic E-state index is 12.6. The smallest absolute Gasteiger partial charge is 0.253 e. The van der Waals surface area contributed by atoms with Gasteiger partial charge in [-0.25, -0.2) is 0 Å². The molecule has 1 aliphatic rings. The molecule has 0 N–H and O–H groups in total. The van der Waals surface area contributed by atoms with E-state index in [-0.39, 0.29) is 5.91 Å². The molecule has 0 radical (unpaired) electrons. The minimum absolute atomic E-state index is 0.153. The molecule has 2 aromatic carbocycles. The van der Waals surface area contributed by atoms with Crippen LogP contribution in [0.15, 0.2) is 60.7 Å². The SMILES string of the molecule is CC(c1ccccc1)N1CCCN(C(=O)c2ccccc2)CC1. The van der Waals surface area contributed by atoms with Gasteiger partial charge in [-0.15, -0.1) is 0 Å². The number of carbonyl (C=O) groups is 1. The lowest BCUT2D eigenvalue weighted by atomic mass is 10.1. The van der Waals surface area contributed by atoms with Gasteiger partial charge in [-0.2, -0.15) is 0 Å². The largest absolute Gasteiger partial charge is 0.337 e. The number of hydrogen-bond acceptors (Lipinski definition) is 2. The molecule has 0 saturated carbocycles. The van der Waals surface area contributed by atoms with Crippen molar-refractivity contribution in [2.45, 2.75) is 19.4 Å². The number of rotatable bonds is 3. The molecule has 23 heavy (non-hydrogen) atoms. The molecule has 0 aromatic heterocycles. The Hall–Kier alpha value is -2.13. The van der Waals surface area contributed by atoms with Gasteiger partial charge in [0.25, 0.3) is 5.91 Å². The van der Waals surface area contributed by atoms with Gasteiger partial charge in [-0.3, -0.25) is 9.69 Å². The van der Waals surface area contributed by atoms with Crippen LogP contribution in [0.4, 0.5) is 0 Å². The number of carbonyl (C=O) groups excluding carboxylic acids is 1. The summed E-state index contributed by atoms with van der Waals surface area (Å²) in [6.45, 7) is 5.85. The number of amides is 1. The molecule has 3 nitrogen and oxygen atoms in total. The Labute approximate surface area is 138 Å². The molecule has 1 unspecified atom stereocenters. The molecule has 1 saturated heterocycles. The predicted molar refractivity (Wildman–Crippen MR) is 93.4 cm³/mol. The van der Waals surface area contributed by atoms with Crippen LogP contribution in [-0.2, 0) is 0 Å². The van der Waals surface area contributed by atoms with Crippen molar-refractivity contribution >= 4 is 5.91 Å². The maximum absolute atomic E-state index is 12.6. The molecule has 1 aliphatic heterocycles. The van der Waals surface area contributed by atoms with Gasteiger partial charge < -0.3 is 4.90 Å². The first-order valence-corrected chi connectivity index (χ1v) is 8.39. The van der Waals surface area contributed by atoms with Gasteiger partial charge in [0.2, 0.25) is 0 Å². The fourth-order valence-corrected chi connectivity index (χ4v) is 3.23. The molecule has 3 heteroatoms. The van der Waals surface area contributed by atoms with Gasteiger partial charge >= 0.3 is 0 Å².